The highest BCUT2D eigenvalue weighted by atomic mass is 35.5. The van der Waals surface area contributed by atoms with Crippen molar-refractivity contribution in [2.24, 2.45) is 7.05 Å². The van der Waals surface area contributed by atoms with E-state index in [1.165, 1.54) is 24.1 Å². The predicted octanol–water partition coefficient (Wildman–Crippen LogP) is 4.71. The Hall–Kier alpha value is -3.14. The first-order chi connectivity index (χ1) is 14.4. The second-order valence-corrected chi connectivity index (χ2v) is 8.44. The van der Waals surface area contributed by atoms with Crippen LogP contribution < -0.4 is 0 Å². The maximum absolute atomic E-state index is 15.1. The number of hydrogen-bond acceptors (Lipinski definition) is 5. The average Bonchev–Trinajstić information content (AvgIpc) is 3.05. The van der Waals surface area contributed by atoms with Gasteiger partial charge in [0.25, 0.3) is 0 Å². The molecule has 3 rings (SSSR count). The monoisotopic (exact) mass is 450 g/mol. The SMILES string of the molecule is C[C@H](c1ncc(-c2cc(Cl)cc(F)c2-c2nnn(C)n2)cc1F)N(C(=O)O)C(C)(C)C. The molecule has 3 aromatic rings. The van der Waals surface area contributed by atoms with Crippen molar-refractivity contribution in [3.63, 3.8) is 0 Å². The number of tetrazole rings is 1. The van der Waals surface area contributed by atoms with Gasteiger partial charge in [0.2, 0.25) is 5.82 Å². The molecule has 1 atom stereocenters. The molecule has 8 nitrogen and oxygen atoms in total. The van der Waals surface area contributed by atoms with Crippen molar-refractivity contribution >= 4 is 17.7 Å². The maximum atomic E-state index is 15.1. The summed E-state index contributed by atoms with van der Waals surface area (Å²) in [4.78, 5) is 18.2. The summed E-state index contributed by atoms with van der Waals surface area (Å²) in [5.74, 6) is -1.42. The summed E-state index contributed by atoms with van der Waals surface area (Å²) in [5, 5.41) is 21.3. The number of amides is 1. The standard InChI is InChI=1S/C20H21ClF2N6O2/c1-10(29(19(30)31)20(2,3)4)17-15(23)6-11(9-24-17)13-7-12(21)8-14(22)16(13)18-25-27-28(5)26-18/h6-10H,1-5H3,(H,30,31)/t10-/m1/s1. The third-order valence-corrected chi connectivity index (χ3v) is 4.90. The van der Waals surface area contributed by atoms with Crippen LogP contribution in [0.2, 0.25) is 5.02 Å². The van der Waals surface area contributed by atoms with Crippen LogP contribution in [0.25, 0.3) is 22.5 Å². The maximum Gasteiger partial charge on any atom is 0.408 e. The highest BCUT2D eigenvalue weighted by Gasteiger charge is 2.33. The Morgan fingerprint density at radius 1 is 1.23 bits per heavy atom. The van der Waals surface area contributed by atoms with Gasteiger partial charge in [0, 0.05) is 22.3 Å². The molecule has 164 valence electrons. The molecular formula is C20H21ClF2N6O2. The number of nitrogens with zero attached hydrogens (tertiary/aromatic N) is 6. The molecule has 0 unspecified atom stereocenters. The summed E-state index contributed by atoms with van der Waals surface area (Å²) < 4.78 is 29.8. The molecule has 0 aliphatic rings. The third-order valence-electron chi connectivity index (χ3n) is 4.68. The van der Waals surface area contributed by atoms with Gasteiger partial charge < -0.3 is 5.11 Å². The highest BCUT2D eigenvalue weighted by Crippen LogP contribution is 2.36. The molecule has 0 radical (unpaired) electrons. The van der Waals surface area contributed by atoms with Crippen LogP contribution in [0.3, 0.4) is 0 Å². The van der Waals surface area contributed by atoms with E-state index in [4.69, 9.17) is 11.6 Å². The Morgan fingerprint density at radius 3 is 2.42 bits per heavy atom. The van der Waals surface area contributed by atoms with E-state index in [2.05, 4.69) is 20.4 Å². The van der Waals surface area contributed by atoms with Crippen molar-refractivity contribution in [3.8, 4) is 22.5 Å². The summed E-state index contributed by atoms with van der Waals surface area (Å²) in [5.41, 5.74) is -0.368. The fourth-order valence-electron chi connectivity index (χ4n) is 3.47. The zero-order chi connectivity index (χ0) is 23.1. The van der Waals surface area contributed by atoms with E-state index >= 15 is 4.39 Å². The lowest BCUT2D eigenvalue weighted by molar-refractivity contribution is 0.0729. The Morgan fingerprint density at radius 2 is 1.90 bits per heavy atom. The number of hydrogen-bond donors (Lipinski definition) is 1. The van der Waals surface area contributed by atoms with Crippen molar-refractivity contribution in [2.45, 2.75) is 39.3 Å². The number of aryl methyl sites for hydroxylation is 1. The van der Waals surface area contributed by atoms with Gasteiger partial charge in [-0.1, -0.05) is 11.6 Å². The minimum absolute atomic E-state index is 0.00125. The van der Waals surface area contributed by atoms with Gasteiger partial charge in [-0.05, 0) is 56.7 Å². The van der Waals surface area contributed by atoms with Gasteiger partial charge in [0.05, 0.1) is 24.3 Å². The number of carboxylic acid groups (broad SMARTS) is 1. The van der Waals surface area contributed by atoms with E-state index in [9.17, 15) is 14.3 Å². The Bertz CT molecular complexity index is 1150. The molecule has 2 heterocycles. The first-order valence-corrected chi connectivity index (χ1v) is 9.69. The molecule has 2 aromatic heterocycles. The first-order valence-electron chi connectivity index (χ1n) is 9.31. The lowest BCUT2D eigenvalue weighted by atomic mass is 9.98. The topological polar surface area (TPSA) is 97.0 Å². The van der Waals surface area contributed by atoms with Gasteiger partial charge in [-0.2, -0.15) is 4.80 Å². The Kier molecular flexibility index (Phi) is 5.95. The minimum Gasteiger partial charge on any atom is -0.465 e. The zero-order valence-electron chi connectivity index (χ0n) is 17.6. The Labute approximate surface area is 182 Å². The van der Waals surface area contributed by atoms with Crippen LogP contribution in [0.4, 0.5) is 13.6 Å². The number of aromatic nitrogens is 5. The second-order valence-electron chi connectivity index (χ2n) is 8.00. The molecule has 0 saturated heterocycles. The van der Waals surface area contributed by atoms with Gasteiger partial charge in [-0.3, -0.25) is 9.88 Å². The summed E-state index contributed by atoms with van der Waals surface area (Å²) in [6, 6.07) is 2.86. The van der Waals surface area contributed by atoms with Crippen molar-refractivity contribution in [2.75, 3.05) is 0 Å². The predicted molar refractivity (Wildman–Crippen MR) is 110 cm³/mol. The lowest BCUT2D eigenvalue weighted by Gasteiger charge is -2.37. The molecule has 0 bridgehead atoms. The molecule has 0 aliphatic carbocycles. The number of rotatable bonds is 4. The van der Waals surface area contributed by atoms with Crippen LogP contribution in [0.1, 0.15) is 39.4 Å². The number of carbonyl (C=O) groups is 1. The summed E-state index contributed by atoms with van der Waals surface area (Å²) in [7, 11) is 1.53. The van der Waals surface area contributed by atoms with Gasteiger partial charge >= 0.3 is 6.09 Å². The van der Waals surface area contributed by atoms with Gasteiger partial charge in [0.1, 0.15) is 11.6 Å². The minimum atomic E-state index is -1.20. The van der Waals surface area contributed by atoms with Crippen molar-refractivity contribution in [1.82, 2.24) is 30.1 Å². The van der Waals surface area contributed by atoms with E-state index in [-0.39, 0.29) is 33.2 Å². The van der Waals surface area contributed by atoms with Crippen LogP contribution in [0, 0.1) is 11.6 Å². The number of benzene rings is 1. The molecule has 0 spiro atoms. The van der Waals surface area contributed by atoms with Crippen LogP contribution in [-0.2, 0) is 7.05 Å². The van der Waals surface area contributed by atoms with Gasteiger partial charge in [-0.25, -0.2) is 13.6 Å². The smallest absolute Gasteiger partial charge is 0.408 e. The van der Waals surface area contributed by atoms with Crippen LogP contribution in [0.5, 0.6) is 0 Å². The number of halogens is 3. The fraction of sp³-hybridized carbons (Fsp3) is 0.350. The molecule has 11 heteroatoms. The van der Waals surface area contributed by atoms with Crippen molar-refractivity contribution in [3.05, 3.63) is 46.7 Å². The quantitative estimate of drug-likeness (QED) is 0.618. The average molecular weight is 451 g/mol. The van der Waals surface area contributed by atoms with E-state index in [1.807, 2.05) is 0 Å². The normalized spacial score (nSPS) is 12.6. The lowest BCUT2D eigenvalue weighted by Crippen LogP contribution is -2.46. The highest BCUT2D eigenvalue weighted by molar-refractivity contribution is 6.31. The van der Waals surface area contributed by atoms with Crippen LogP contribution >= 0.6 is 11.6 Å². The van der Waals surface area contributed by atoms with Gasteiger partial charge in [0.15, 0.2) is 0 Å². The zero-order valence-corrected chi connectivity index (χ0v) is 18.3. The Balaban J connectivity index is 2.11. The molecule has 1 aromatic carbocycles. The number of pyridine rings is 1. The van der Waals surface area contributed by atoms with Crippen molar-refractivity contribution < 1.29 is 18.7 Å². The van der Waals surface area contributed by atoms with E-state index in [1.54, 1.807) is 27.7 Å². The molecule has 0 aliphatic heterocycles. The van der Waals surface area contributed by atoms with Crippen LogP contribution in [0.15, 0.2) is 24.4 Å². The van der Waals surface area contributed by atoms with E-state index in [0.717, 1.165) is 17.0 Å². The van der Waals surface area contributed by atoms with Crippen LogP contribution in [-0.4, -0.2) is 46.8 Å². The fourth-order valence-corrected chi connectivity index (χ4v) is 3.68. The van der Waals surface area contributed by atoms with E-state index < -0.39 is 29.3 Å². The molecule has 1 amide bonds. The van der Waals surface area contributed by atoms with Gasteiger partial charge in [-0.15, -0.1) is 10.2 Å². The second kappa shape index (κ2) is 8.18. The molecular weight excluding hydrogens is 430 g/mol. The largest absolute Gasteiger partial charge is 0.465 e. The van der Waals surface area contributed by atoms with Crippen molar-refractivity contribution in [1.29, 1.82) is 0 Å². The molecule has 1 N–H and O–H groups in total. The molecule has 0 fully saturated rings. The molecule has 0 saturated carbocycles. The summed E-state index contributed by atoms with van der Waals surface area (Å²) in [6.07, 6.45) is 0.140. The van der Waals surface area contributed by atoms with E-state index in [0.29, 0.717) is 0 Å². The molecule has 31 heavy (non-hydrogen) atoms. The first kappa shape index (κ1) is 22.5. The summed E-state index contributed by atoms with van der Waals surface area (Å²) in [6.45, 7) is 6.68. The summed E-state index contributed by atoms with van der Waals surface area (Å²) >= 11 is 6.03. The third kappa shape index (κ3) is 4.48.